The van der Waals surface area contributed by atoms with Gasteiger partial charge in [-0.25, -0.2) is 14.4 Å². The third-order valence-corrected chi connectivity index (χ3v) is 12.1. The van der Waals surface area contributed by atoms with Crippen molar-refractivity contribution in [1.82, 2.24) is 16.0 Å². The minimum Gasteiger partial charge on any atom is -0.507 e. The standard InChI is InChI=1S/C44H60N6O19/c1-48-32-27(67-29(35(54)36(32)55)15-64-41(58)21-10-18(45)4-7-24(21)51)13-62-39-30(16-65-42(59)22-11-19(46)5-8-25(22)52)68-28(33(49-2)37(39)56)14-63-40-31(69-44(61)34(50-3)38(40)57)17-66-43(60)23-12-20(47)6-9-26(23)53/h4-12,27-40,44,48-57,61H,13-17,45-47H2,1-3H3/t27-,28-,29?,30?,31?,32?,33?,34?,35-,36+,37+,38+,39-,40-,44+/m0/s1. The van der Waals surface area contributed by atoms with E-state index >= 15 is 0 Å². The van der Waals surface area contributed by atoms with Gasteiger partial charge < -0.3 is 112 Å². The molecule has 25 nitrogen and oxygen atoms in total. The Kier molecular flexibility index (Phi) is 17.8. The van der Waals surface area contributed by atoms with Crippen LogP contribution in [0.4, 0.5) is 17.1 Å². The highest BCUT2D eigenvalue weighted by molar-refractivity contribution is 5.94. The summed E-state index contributed by atoms with van der Waals surface area (Å²) in [6.45, 7) is -2.64. The number of nitrogens with one attached hydrogen (secondary N) is 3. The molecule has 15 atom stereocenters. The number of esters is 3. The SMILES string of the molecule is CNC1[C@H](CO[C@H]2C(COC(=O)c3cc(N)ccc3O)O[C@@H](CO[C@H]3C(COC(=O)c4cc(N)ccc4O)O[C@@H](O)C(NC)[C@H]3O)C(NC)[C@H]2O)OC(COC(=O)c2cc(N)ccc2O)[C@H](O)[C@@H]1O. The van der Waals surface area contributed by atoms with Gasteiger partial charge in [0.05, 0.1) is 43.5 Å². The van der Waals surface area contributed by atoms with Crippen molar-refractivity contribution in [3.05, 3.63) is 71.3 Å². The Hall–Kier alpha value is -5.65. The molecular formula is C44H60N6O19. The van der Waals surface area contributed by atoms with Crippen LogP contribution < -0.4 is 33.2 Å². The van der Waals surface area contributed by atoms with Gasteiger partial charge in [-0.2, -0.15) is 0 Å². The van der Waals surface area contributed by atoms with Crippen molar-refractivity contribution in [2.75, 3.05) is 71.4 Å². The number of benzene rings is 3. The van der Waals surface area contributed by atoms with Crippen LogP contribution in [-0.2, 0) is 37.9 Å². The molecule has 3 aromatic carbocycles. The lowest BCUT2D eigenvalue weighted by molar-refractivity contribution is -0.276. The summed E-state index contributed by atoms with van der Waals surface area (Å²) in [4.78, 5) is 39.1. The summed E-state index contributed by atoms with van der Waals surface area (Å²) in [5.41, 5.74) is 17.1. The van der Waals surface area contributed by atoms with E-state index in [2.05, 4.69) is 16.0 Å². The third-order valence-electron chi connectivity index (χ3n) is 12.1. The van der Waals surface area contributed by atoms with E-state index in [9.17, 15) is 55.2 Å². The van der Waals surface area contributed by atoms with Gasteiger partial charge in [-0.15, -0.1) is 0 Å². The van der Waals surface area contributed by atoms with Gasteiger partial charge in [0.1, 0.15) is 109 Å². The lowest BCUT2D eigenvalue weighted by Crippen LogP contribution is -2.67. The molecule has 0 saturated carbocycles. The van der Waals surface area contributed by atoms with Crippen LogP contribution in [0.2, 0.25) is 0 Å². The second-order valence-electron chi connectivity index (χ2n) is 16.6. The van der Waals surface area contributed by atoms with Crippen molar-refractivity contribution in [1.29, 1.82) is 0 Å². The molecule has 0 amide bonds. The molecule has 6 rings (SSSR count). The molecule has 25 heteroatoms. The van der Waals surface area contributed by atoms with E-state index in [-0.39, 0.29) is 33.8 Å². The molecule has 0 aliphatic carbocycles. The summed E-state index contributed by atoms with van der Waals surface area (Å²) in [6.07, 6.45) is -16.6. The average molecular weight is 977 g/mol. The number of nitrogens with two attached hydrogens (primary N) is 3. The van der Waals surface area contributed by atoms with E-state index in [4.69, 9.17) is 55.1 Å². The van der Waals surface area contributed by atoms with Crippen molar-refractivity contribution in [2.45, 2.75) is 91.6 Å². The van der Waals surface area contributed by atoms with Crippen LogP contribution in [0, 0.1) is 0 Å². The highest BCUT2D eigenvalue weighted by Gasteiger charge is 2.51. The van der Waals surface area contributed by atoms with Crippen molar-refractivity contribution >= 4 is 35.0 Å². The first-order valence-electron chi connectivity index (χ1n) is 21.8. The third kappa shape index (κ3) is 12.2. The van der Waals surface area contributed by atoms with Crippen LogP contribution in [0.3, 0.4) is 0 Å². The van der Waals surface area contributed by atoms with Crippen molar-refractivity contribution in [2.24, 2.45) is 0 Å². The van der Waals surface area contributed by atoms with E-state index in [1.165, 1.54) is 75.7 Å². The molecule has 0 bridgehead atoms. The monoisotopic (exact) mass is 976 g/mol. The van der Waals surface area contributed by atoms with Gasteiger partial charge in [-0.3, -0.25) is 0 Å². The summed E-state index contributed by atoms with van der Waals surface area (Å²) in [5, 5.41) is 95.7. The van der Waals surface area contributed by atoms with Crippen LogP contribution in [0.15, 0.2) is 54.6 Å². The maximum absolute atomic E-state index is 13.3. The summed E-state index contributed by atoms with van der Waals surface area (Å²) in [6, 6.07) is 8.18. The van der Waals surface area contributed by atoms with Gasteiger partial charge in [-0.1, -0.05) is 0 Å². The van der Waals surface area contributed by atoms with Crippen molar-refractivity contribution in [3.8, 4) is 17.2 Å². The lowest BCUT2D eigenvalue weighted by Gasteiger charge is -2.47. The number of nitrogen functional groups attached to an aromatic ring is 3. The number of hydrogen-bond donors (Lipinski definition) is 14. The fraction of sp³-hybridized carbons (Fsp3) is 0.523. The zero-order valence-corrected chi connectivity index (χ0v) is 37.7. The molecule has 69 heavy (non-hydrogen) atoms. The van der Waals surface area contributed by atoms with E-state index < -0.39 is 160 Å². The Morgan fingerprint density at radius 1 is 0.478 bits per heavy atom. The van der Waals surface area contributed by atoms with Crippen LogP contribution >= 0.6 is 0 Å². The van der Waals surface area contributed by atoms with E-state index in [1.807, 2.05) is 0 Å². The number of aromatic hydroxyl groups is 3. The van der Waals surface area contributed by atoms with Crippen molar-refractivity contribution < 1.29 is 93.1 Å². The zero-order valence-electron chi connectivity index (χ0n) is 37.7. The predicted octanol–water partition coefficient (Wildman–Crippen LogP) is -3.35. The number of likely N-dealkylation sites (N-methyl/N-ethyl adjacent to an activating group) is 3. The smallest absolute Gasteiger partial charge is 0.342 e. The van der Waals surface area contributed by atoms with Crippen LogP contribution in [0.1, 0.15) is 31.1 Å². The molecule has 6 unspecified atom stereocenters. The second kappa shape index (κ2) is 23.3. The number of phenols is 3. The van der Waals surface area contributed by atoms with E-state index in [0.29, 0.717) is 0 Å². The summed E-state index contributed by atoms with van der Waals surface area (Å²) in [7, 11) is 4.44. The minimum absolute atomic E-state index is 0.145. The summed E-state index contributed by atoms with van der Waals surface area (Å²) < 4.78 is 47.0. The number of aliphatic hydroxyl groups excluding tert-OH is 5. The maximum Gasteiger partial charge on any atom is 0.342 e. The molecule has 3 aliphatic rings. The lowest BCUT2D eigenvalue weighted by atomic mass is 9.91. The average Bonchev–Trinajstić information content (AvgIpc) is 3.32. The molecule has 0 spiro atoms. The minimum atomic E-state index is -1.60. The predicted molar refractivity (Wildman–Crippen MR) is 239 cm³/mol. The summed E-state index contributed by atoms with van der Waals surface area (Å²) >= 11 is 0. The molecule has 3 aliphatic heterocycles. The number of carbonyl (C=O) groups excluding carboxylic acids is 3. The highest BCUT2D eigenvalue weighted by Crippen LogP contribution is 2.31. The quantitative estimate of drug-likeness (QED) is 0.0256. The summed E-state index contributed by atoms with van der Waals surface area (Å²) in [5.74, 6) is -4.26. The number of rotatable bonds is 18. The van der Waals surface area contributed by atoms with Crippen LogP contribution in [-0.4, -0.2) is 204 Å². The van der Waals surface area contributed by atoms with Gasteiger partial charge in [0.25, 0.3) is 0 Å². The molecule has 17 N–H and O–H groups in total. The Bertz CT molecular complexity index is 2240. The number of aliphatic hydroxyl groups is 5. The zero-order chi connectivity index (χ0) is 50.3. The molecule has 0 radical (unpaired) electrons. The van der Waals surface area contributed by atoms with Gasteiger partial charge in [-0.05, 0) is 75.7 Å². The van der Waals surface area contributed by atoms with Crippen LogP contribution in [0.25, 0.3) is 0 Å². The number of ether oxygens (including phenoxy) is 8. The number of phenolic OH excluding ortho intramolecular Hbond substituents is 3. The van der Waals surface area contributed by atoms with E-state index in [0.717, 1.165) is 0 Å². The highest BCUT2D eigenvalue weighted by atomic mass is 16.7. The molecule has 3 fully saturated rings. The van der Waals surface area contributed by atoms with Gasteiger partial charge in [0, 0.05) is 17.1 Å². The molecule has 3 aromatic rings. The van der Waals surface area contributed by atoms with Gasteiger partial charge in [0.2, 0.25) is 0 Å². The van der Waals surface area contributed by atoms with Crippen LogP contribution in [0.5, 0.6) is 17.2 Å². The van der Waals surface area contributed by atoms with E-state index in [1.54, 1.807) is 0 Å². The maximum atomic E-state index is 13.3. The Morgan fingerprint density at radius 2 is 0.826 bits per heavy atom. The van der Waals surface area contributed by atoms with Gasteiger partial charge >= 0.3 is 17.9 Å². The molecule has 3 heterocycles. The largest absolute Gasteiger partial charge is 0.507 e. The first kappa shape index (κ1) is 52.7. The fourth-order valence-electron chi connectivity index (χ4n) is 8.41. The topological polar surface area (TPSA) is 401 Å². The first-order valence-corrected chi connectivity index (χ1v) is 21.8. The first-order chi connectivity index (χ1) is 32.9. The molecule has 380 valence electrons. The second-order valence-corrected chi connectivity index (χ2v) is 16.6. The normalized spacial score (nSPS) is 31.4. The molecule has 0 aromatic heterocycles. The van der Waals surface area contributed by atoms with Gasteiger partial charge in [0.15, 0.2) is 6.29 Å². The van der Waals surface area contributed by atoms with Crippen molar-refractivity contribution in [3.63, 3.8) is 0 Å². The fourth-order valence-corrected chi connectivity index (χ4v) is 8.41. The molecule has 3 saturated heterocycles. The number of hydrogen-bond acceptors (Lipinski definition) is 25. The Labute approximate surface area is 394 Å². The molecular weight excluding hydrogens is 917 g/mol. The Balaban J connectivity index is 1.20. The number of anilines is 3. The number of carbonyl (C=O) groups is 3. The Morgan fingerprint density at radius 3 is 1.23 bits per heavy atom.